The fraction of sp³-hybridized carbons (Fsp3) is 0.417. The molecule has 1 heterocycles. The number of halogens is 1. The van der Waals surface area contributed by atoms with Gasteiger partial charge >= 0.3 is 0 Å². The van der Waals surface area contributed by atoms with Gasteiger partial charge in [-0.1, -0.05) is 11.6 Å². The number of hydrogen-bond acceptors (Lipinski definition) is 4. The molecule has 1 aliphatic carbocycles. The summed E-state index contributed by atoms with van der Waals surface area (Å²) in [5.74, 6) is 1.19. The third-order valence-corrected chi connectivity index (χ3v) is 3.61. The highest BCUT2D eigenvalue weighted by atomic mass is 35.5. The fourth-order valence-electron chi connectivity index (χ4n) is 2.55. The maximum Gasteiger partial charge on any atom is 0.208 e. The van der Waals surface area contributed by atoms with E-state index in [-0.39, 0.29) is 0 Å². The van der Waals surface area contributed by atoms with Crippen LogP contribution in [0, 0.1) is 0 Å². The first-order valence-corrected chi connectivity index (χ1v) is 6.31. The zero-order chi connectivity index (χ0) is 12.5. The molecule has 1 aromatic carbocycles. The number of aromatic amines is 1. The molecule has 18 heavy (non-hydrogen) atoms. The Hall–Kier alpha value is -1.62. The molecule has 0 aliphatic heterocycles. The van der Waals surface area contributed by atoms with Crippen molar-refractivity contribution in [1.82, 2.24) is 20.6 Å². The van der Waals surface area contributed by atoms with Gasteiger partial charge in [-0.2, -0.15) is 5.21 Å². The van der Waals surface area contributed by atoms with Gasteiger partial charge in [0.25, 0.3) is 0 Å². The molecule has 0 atom stereocenters. The Kier molecular flexibility index (Phi) is 2.91. The molecule has 1 N–H and O–H groups in total. The Labute approximate surface area is 109 Å². The van der Waals surface area contributed by atoms with Crippen LogP contribution in [0.15, 0.2) is 6.07 Å². The third-order valence-electron chi connectivity index (χ3n) is 3.33. The van der Waals surface area contributed by atoms with E-state index in [1.54, 1.807) is 7.11 Å². The van der Waals surface area contributed by atoms with Gasteiger partial charge < -0.3 is 4.74 Å². The molecular weight excluding hydrogens is 252 g/mol. The van der Waals surface area contributed by atoms with Gasteiger partial charge in [-0.15, -0.1) is 10.2 Å². The van der Waals surface area contributed by atoms with Crippen molar-refractivity contribution in [3.8, 4) is 17.1 Å². The lowest BCUT2D eigenvalue weighted by molar-refractivity contribution is 0.415. The Morgan fingerprint density at radius 3 is 2.89 bits per heavy atom. The quantitative estimate of drug-likeness (QED) is 0.905. The summed E-state index contributed by atoms with van der Waals surface area (Å²) < 4.78 is 5.41. The number of ether oxygens (including phenoxy) is 1. The average molecular weight is 265 g/mol. The summed E-state index contributed by atoms with van der Waals surface area (Å²) >= 11 is 6.27. The van der Waals surface area contributed by atoms with Gasteiger partial charge in [0.1, 0.15) is 5.75 Å². The molecule has 1 aliphatic rings. The molecule has 0 saturated heterocycles. The number of nitrogens with one attached hydrogen (secondary N) is 1. The predicted octanol–water partition coefficient (Wildman–Crippen LogP) is 2.41. The van der Waals surface area contributed by atoms with Gasteiger partial charge in [0.15, 0.2) is 0 Å². The van der Waals surface area contributed by atoms with Gasteiger partial charge in [0, 0.05) is 0 Å². The Balaban J connectivity index is 2.28. The first-order chi connectivity index (χ1) is 8.81. The van der Waals surface area contributed by atoms with Crippen molar-refractivity contribution in [1.29, 1.82) is 0 Å². The van der Waals surface area contributed by atoms with Crippen LogP contribution in [0.5, 0.6) is 5.75 Å². The predicted molar refractivity (Wildman–Crippen MR) is 67.8 cm³/mol. The maximum atomic E-state index is 6.27. The molecule has 2 aromatic rings. The second-order valence-corrected chi connectivity index (χ2v) is 4.75. The van der Waals surface area contributed by atoms with Gasteiger partial charge in [0.05, 0.1) is 17.7 Å². The summed E-state index contributed by atoms with van der Waals surface area (Å²) in [5.41, 5.74) is 3.39. The number of tetrazole rings is 1. The van der Waals surface area contributed by atoms with Crippen molar-refractivity contribution in [3.63, 3.8) is 0 Å². The number of methoxy groups -OCH3 is 1. The highest BCUT2D eigenvalue weighted by Crippen LogP contribution is 2.41. The van der Waals surface area contributed by atoms with Gasteiger partial charge in [-0.25, -0.2) is 0 Å². The van der Waals surface area contributed by atoms with Crippen molar-refractivity contribution in [2.45, 2.75) is 25.7 Å². The summed E-state index contributed by atoms with van der Waals surface area (Å²) in [4.78, 5) is 0. The third kappa shape index (κ3) is 1.75. The normalized spacial score (nSPS) is 14.3. The fourth-order valence-corrected chi connectivity index (χ4v) is 2.86. The second kappa shape index (κ2) is 4.57. The van der Waals surface area contributed by atoms with Crippen molar-refractivity contribution in [2.75, 3.05) is 7.11 Å². The Morgan fingerprint density at radius 1 is 1.33 bits per heavy atom. The van der Waals surface area contributed by atoms with E-state index in [4.69, 9.17) is 16.3 Å². The highest BCUT2D eigenvalue weighted by Gasteiger charge is 2.23. The van der Waals surface area contributed by atoms with Crippen LogP contribution in [-0.2, 0) is 12.8 Å². The molecule has 1 aromatic heterocycles. The van der Waals surface area contributed by atoms with Crippen molar-refractivity contribution in [2.24, 2.45) is 0 Å². The standard InChI is InChI=1S/C12H13ClN4O/c1-18-11-9(13)6-7-4-2-3-5-8(7)10(11)12-14-16-17-15-12/h6H,2-5H2,1H3,(H,14,15,16,17). The molecule has 5 nitrogen and oxygen atoms in total. The second-order valence-electron chi connectivity index (χ2n) is 4.35. The monoisotopic (exact) mass is 264 g/mol. The summed E-state index contributed by atoms with van der Waals surface area (Å²) in [6, 6.07) is 2.00. The van der Waals surface area contributed by atoms with Gasteiger partial charge in [-0.3, -0.25) is 0 Å². The minimum Gasteiger partial charge on any atom is -0.494 e. The van der Waals surface area contributed by atoms with Crippen LogP contribution >= 0.6 is 11.6 Å². The zero-order valence-electron chi connectivity index (χ0n) is 10.0. The van der Waals surface area contributed by atoms with E-state index in [1.807, 2.05) is 6.07 Å². The number of nitrogens with zero attached hydrogens (tertiary/aromatic N) is 3. The maximum absolute atomic E-state index is 6.27. The summed E-state index contributed by atoms with van der Waals surface area (Å²) in [6.45, 7) is 0. The molecule has 0 spiro atoms. The summed E-state index contributed by atoms with van der Waals surface area (Å²) in [6.07, 6.45) is 4.42. The largest absolute Gasteiger partial charge is 0.494 e. The van der Waals surface area contributed by atoms with E-state index in [2.05, 4.69) is 20.6 Å². The van der Waals surface area contributed by atoms with E-state index in [1.165, 1.54) is 24.0 Å². The van der Waals surface area contributed by atoms with Crippen LogP contribution in [0.4, 0.5) is 0 Å². The molecule has 0 saturated carbocycles. The number of benzene rings is 1. The SMILES string of the molecule is COc1c(Cl)cc2c(c1-c1nn[nH]n1)CCCC2. The van der Waals surface area contributed by atoms with Gasteiger partial charge in [-0.05, 0) is 48.1 Å². The lowest BCUT2D eigenvalue weighted by atomic mass is 9.87. The summed E-state index contributed by atoms with van der Waals surface area (Å²) in [7, 11) is 1.61. The number of aromatic nitrogens is 4. The molecule has 3 rings (SSSR count). The van der Waals surface area contributed by atoms with Crippen LogP contribution in [0.3, 0.4) is 0 Å². The van der Waals surface area contributed by atoms with Crippen molar-refractivity contribution < 1.29 is 4.74 Å². The van der Waals surface area contributed by atoms with Crippen LogP contribution in [-0.4, -0.2) is 27.7 Å². The minimum absolute atomic E-state index is 0.549. The molecule has 0 radical (unpaired) electrons. The minimum atomic E-state index is 0.549. The number of fused-ring (bicyclic) bond motifs is 1. The molecule has 0 amide bonds. The zero-order valence-corrected chi connectivity index (χ0v) is 10.8. The molecule has 0 unspecified atom stereocenters. The van der Waals surface area contributed by atoms with E-state index < -0.39 is 0 Å². The number of hydrogen-bond donors (Lipinski definition) is 1. The van der Waals surface area contributed by atoms with Crippen molar-refractivity contribution in [3.05, 3.63) is 22.2 Å². The van der Waals surface area contributed by atoms with Crippen LogP contribution in [0.2, 0.25) is 5.02 Å². The molecule has 0 bridgehead atoms. The van der Waals surface area contributed by atoms with Gasteiger partial charge in [0.2, 0.25) is 5.82 Å². The first-order valence-electron chi connectivity index (χ1n) is 5.93. The van der Waals surface area contributed by atoms with E-state index in [0.717, 1.165) is 18.4 Å². The molecule has 6 heteroatoms. The van der Waals surface area contributed by atoms with Crippen LogP contribution < -0.4 is 4.74 Å². The highest BCUT2D eigenvalue weighted by molar-refractivity contribution is 6.32. The van der Waals surface area contributed by atoms with E-state index in [0.29, 0.717) is 16.6 Å². The molecule has 94 valence electrons. The number of aryl methyl sites for hydroxylation is 1. The first kappa shape index (κ1) is 11.5. The van der Waals surface area contributed by atoms with Crippen LogP contribution in [0.1, 0.15) is 24.0 Å². The average Bonchev–Trinajstić information content (AvgIpc) is 2.90. The summed E-state index contributed by atoms with van der Waals surface area (Å²) in [5, 5.41) is 14.8. The Bertz CT molecular complexity index is 568. The lowest BCUT2D eigenvalue weighted by Crippen LogP contribution is -2.07. The number of H-pyrrole nitrogens is 1. The van der Waals surface area contributed by atoms with Crippen LogP contribution in [0.25, 0.3) is 11.4 Å². The van der Waals surface area contributed by atoms with E-state index >= 15 is 0 Å². The molecule has 0 fully saturated rings. The van der Waals surface area contributed by atoms with E-state index in [9.17, 15) is 0 Å². The lowest BCUT2D eigenvalue weighted by Gasteiger charge is -2.21. The Morgan fingerprint density at radius 2 is 2.17 bits per heavy atom. The topological polar surface area (TPSA) is 63.7 Å². The van der Waals surface area contributed by atoms with Crippen molar-refractivity contribution >= 4 is 11.6 Å². The number of rotatable bonds is 2. The smallest absolute Gasteiger partial charge is 0.208 e. The molecular formula is C12H13ClN4O.